The van der Waals surface area contributed by atoms with E-state index in [0.29, 0.717) is 23.0 Å². The van der Waals surface area contributed by atoms with E-state index in [0.717, 1.165) is 11.1 Å². The van der Waals surface area contributed by atoms with Gasteiger partial charge in [-0.15, -0.1) is 5.10 Å². The van der Waals surface area contributed by atoms with Crippen LogP contribution in [0.5, 0.6) is 11.5 Å². The minimum Gasteiger partial charge on any atom is -0.493 e. The number of aryl methyl sites for hydroxylation is 1. The fraction of sp³-hybridized carbons (Fsp3) is 0.200. The molecule has 1 N–H and O–H groups in total. The molecule has 0 saturated carbocycles. The average molecular weight is 379 g/mol. The van der Waals surface area contributed by atoms with Crippen LogP contribution in [-0.2, 0) is 11.8 Å². The summed E-state index contributed by atoms with van der Waals surface area (Å²) >= 11 is 0. The number of hydrogen-bond acceptors (Lipinski definition) is 6. The number of anilines is 1. The van der Waals surface area contributed by atoms with Crippen LogP contribution in [0, 0.1) is 0 Å². The molecule has 2 aromatic carbocycles. The smallest absolute Gasteiger partial charge is 0.262 e. The molecular weight excluding hydrogens is 358 g/mol. The number of nitrogens with one attached hydrogen (secondary N) is 1. The normalized spacial score (nSPS) is 10.8. The highest BCUT2D eigenvalue weighted by atomic mass is 16.5. The summed E-state index contributed by atoms with van der Waals surface area (Å²) < 4.78 is 12.5. The Labute approximate surface area is 162 Å². The lowest BCUT2D eigenvalue weighted by Crippen LogP contribution is -2.20. The quantitative estimate of drug-likeness (QED) is 0.679. The lowest BCUT2D eigenvalue weighted by molar-refractivity contribution is -0.118. The monoisotopic (exact) mass is 379 g/mol. The van der Waals surface area contributed by atoms with Crippen molar-refractivity contribution in [2.45, 2.75) is 6.92 Å². The van der Waals surface area contributed by atoms with Crippen molar-refractivity contribution in [1.82, 2.24) is 20.2 Å². The topological polar surface area (TPSA) is 91.2 Å². The largest absolute Gasteiger partial charge is 0.493 e. The first-order chi connectivity index (χ1) is 13.6. The first kappa shape index (κ1) is 19.1. The van der Waals surface area contributed by atoms with Gasteiger partial charge in [-0.1, -0.05) is 30.4 Å². The fourth-order valence-electron chi connectivity index (χ4n) is 2.65. The summed E-state index contributed by atoms with van der Waals surface area (Å²) in [5.74, 6) is 1.40. The molecule has 0 aliphatic carbocycles. The maximum atomic E-state index is 12.3. The predicted molar refractivity (Wildman–Crippen MR) is 106 cm³/mol. The second-order valence-electron chi connectivity index (χ2n) is 5.95. The number of carbonyl (C=O) groups excluding carboxylic acids is 1. The van der Waals surface area contributed by atoms with Gasteiger partial charge in [-0.25, -0.2) is 4.68 Å². The lowest BCUT2D eigenvalue weighted by atomic mass is 10.2. The lowest BCUT2D eigenvalue weighted by Gasteiger charge is -2.12. The molecular formula is C20H21N5O3. The molecule has 0 radical (unpaired) electrons. The summed E-state index contributed by atoms with van der Waals surface area (Å²) in [7, 11) is 3.32. The van der Waals surface area contributed by atoms with E-state index in [1.807, 2.05) is 43.3 Å². The fourth-order valence-corrected chi connectivity index (χ4v) is 2.65. The van der Waals surface area contributed by atoms with E-state index in [1.54, 1.807) is 37.0 Å². The third kappa shape index (κ3) is 4.53. The molecule has 8 nitrogen and oxygen atoms in total. The Kier molecular flexibility index (Phi) is 6.01. The molecule has 3 rings (SSSR count). The summed E-state index contributed by atoms with van der Waals surface area (Å²) in [6.07, 6.45) is 3.90. The second kappa shape index (κ2) is 8.81. The molecule has 0 aliphatic heterocycles. The Bertz CT molecular complexity index is 997. The number of ether oxygens (including phenoxy) is 2. The van der Waals surface area contributed by atoms with Gasteiger partial charge in [0.1, 0.15) is 0 Å². The molecule has 0 atom stereocenters. The molecule has 28 heavy (non-hydrogen) atoms. The van der Waals surface area contributed by atoms with E-state index in [2.05, 4.69) is 20.8 Å². The van der Waals surface area contributed by atoms with Crippen molar-refractivity contribution in [3.63, 3.8) is 0 Å². The minimum absolute atomic E-state index is 0.144. The van der Waals surface area contributed by atoms with Crippen molar-refractivity contribution >= 4 is 17.7 Å². The zero-order chi connectivity index (χ0) is 19.9. The van der Waals surface area contributed by atoms with E-state index in [9.17, 15) is 4.79 Å². The van der Waals surface area contributed by atoms with Crippen LogP contribution >= 0.6 is 0 Å². The van der Waals surface area contributed by atoms with Gasteiger partial charge >= 0.3 is 0 Å². The highest BCUT2D eigenvalue weighted by Crippen LogP contribution is 2.28. The minimum atomic E-state index is -0.284. The summed E-state index contributed by atoms with van der Waals surface area (Å²) in [6, 6.07) is 12.8. The number of tetrazole rings is 1. The van der Waals surface area contributed by atoms with Gasteiger partial charge in [0.05, 0.1) is 7.11 Å². The Balaban J connectivity index is 1.64. The van der Waals surface area contributed by atoms with E-state index < -0.39 is 0 Å². The van der Waals surface area contributed by atoms with Gasteiger partial charge in [0.25, 0.3) is 5.91 Å². The van der Waals surface area contributed by atoms with Crippen LogP contribution < -0.4 is 14.8 Å². The SMILES string of the molecule is C/C=C/c1ccc(OCC(=O)Nc2cccc(-c3nnnn3C)c2)c(OC)c1. The predicted octanol–water partition coefficient (Wildman–Crippen LogP) is 2.94. The molecule has 8 heteroatoms. The zero-order valence-electron chi connectivity index (χ0n) is 15.9. The van der Waals surface area contributed by atoms with E-state index in [1.165, 1.54) is 0 Å². The Morgan fingerprint density at radius 1 is 1.21 bits per heavy atom. The highest BCUT2D eigenvalue weighted by Gasteiger charge is 2.10. The number of allylic oxidation sites excluding steroid dienone is 1. The Hall–Kier alpha value is -3.68. The number of nitrogens with zero attached hydrogens (tertiary/aromatic N) is 4. The van der Waals surface area contributed by atoms with Gasteiger partial charge in [0.15, 0.2) is 23.9 Å². The van der Waals surface area contributed by atoms with Gasteiger partial charge < -0.3 is 14.8 Å². The van der Waals surface area contributed by atoms with Crippen LogP contribution in [0.1, 0.15) is 12.5 Å². The van der Waals surface area contributed by atoms with Gasteiger partial charge in [-0.3, -0.25) is 4.79 Å². The van der Waals surface area contributed by atoms with Gasteiger partial charge in [0.2, 0.25) is 0 Å². The Morgan fingerprint density at radius 3 is 2.79 bits per heavy atom. The molecule has 1 aromatic heterocycles. The van der Waals surface area contributed by atoms with Gasteiger partial charge in [0, 0.05) is 18.3 Å². The molecule has 3 aromatic rings. The number of methoxy groups -OCH3 is 1. The van der Waals surface area contributed by atoms with Crippen LogP contribution in [0.4, 0.5) is 5.69 Å². The maximum Gasteiger partial charge on any atom is 0.262 e. The van der Waals surface area contributed by atoms with Gasteiger partial charge in [-0.2, -0.15) is 0 Å². The molecule has 144 valence electrons. The summed E-state index contributed by atoms with van der Waals surface area (Å²) in [5, 5.41) is 14.2. The number of rotatable bonds is 7. The first-order valence-corrected chi connectivity index (χ1v) is 8.67. The van der Waals surface area contributed by atoms with Crippen molar-refractivity contribution in [2.75, 3.05) is 19.0 Å². The maximum absolute atomic E-state index is 12.3. The molecule has 1 amide bonds. The zero-order valence-corrected chi connectivity index (χ0v) is 15.9. The molecule has 0 spiro atoms. The number of benzene rings is 2. The molecule has 0 aliphatic rings. The van der Waals surface area contributed by atoms with Crippen molar-refractivity contribution in [3.8, 4) is 22.9 Å². The van der Waals surface area contributed by atoms with Crippen molar-refractivity contribution in [2.24, 2.45) is 7.05 Å². The van der Waals surface area contributed by atoms with Crippen LogP contribution in [0.25, 0.3) is 17.5 Å². The van der Waals surface area contributed by atoms with Crippen LogP contribution in [0.15, 0.2) is 48.5 Å². The third-order valence-corrected chi connectivity index (χ3v) is 3.93. The van der Waals surface area contributed by atoms with Crippen LogP contribution in [0.3, 0.4) is 0 Å². The average Bonchev–Trinajstić information content (AvgIpc) is 3.13. The summed E-state index contributed by atoms with van der Waals surface area (Å²) in [6.45, 7) is 1.80. The molecule has 0 bridgehead atoms. The molecule has 1 heterocycles. The van der Waals surface area contributed by atoms with Crippen LogP contribution in [-0.4, -0.2) is 39.8 Å². The summed E-state index contributed by atoms with van der Waals surface area (Å²) in [4.78, 5) is 12.3. The van der Waals surface area contributed by atoms with E-state index in [4.69, 9.17) is 9.47 Å². The van der Waals surface area contributed by atoms with Crippen molar-refractivity contribution < 1.29 is 14.3 Å². The van der Waals surface area contributed by atoms with Gasteiger partial charge in [-0.05, 0) is 47.2 Å². The van der Waals surface area contributed by atoms with Crippen molar-refractivity contribution in [1.29, 1.82) is 0 Å². The van der Waals surface area contributed by atoms with E-state index >= 15 is 0 Å². The number of carbonyl (C=O) groups is 1. The number of aromatic nitrogens is 4. The third-order valence-electron chi connectivity index (χ3n) is 3.93. The second-order valence-corrected chi connectivity index (χ2v) is 5.95. The van der Waals surface area contributed by atoms with E-state index in [-0.39, 0.29) is 12.5 Å². The van der Waals surface area contributed by atoms with Crippen LogP contribution in [0.2, 0.25) is 0 Å². The number of amides is 1. The summed E-state index contributed by atoms with van der Waals surface area (Å²) in [5.41, 5.74) is 2.42. The standard InChI is InChI=1S/C20H21N5O3/c1-4-6-14-9-10-17(18(11-14)27-3)28-13-19(26)21-16-8-5-7-15(12-16)20-22-23-24-25(20)2/h4-12H,13H2,1-3H3,(H,21,26)/b6-4+. The van der Waals surface area contributed by atoms with Crippen molar-refractivity contribution in [3.05, 3.63) is 54.1 Å². The highest BCUT2D eigenvalue weighted by molar-refractivity contribution is 5.92. The molecule has 0 saturated heterocycles. The molecule has 0 fully saturated rings. The number of hydrogen-bond donors (Lipinski definition) is 1. The first-order valence-electron chi connectivity index (χ1n) is 8.67. The Morgan fingerprint density at radius 2 is 2.07 bits per heavy atom. The molecule has 0 unspecified atom stereocenters.